The molecule has 1 saturated carbocycles. The van der Waals surface area contributed by atoms with Gasteiger partial charge in [0.1, 0.15) is 5.69 Å². The number of aromatic amines is 1. The minimum atomic E-state index is -0.468. The van der Waals surface area contributed by atoms with E-state index in [0.717, 1.165) is 6.42 Å². The van der Waals surface area contributed by atoms with Gasteiger partial charge in [-0.15, -0.1) is 0 Å². The van der Waals surface area contributed by atoms with Gasteiger partial charge < -0.3 is 26.2 Å². The van der Waals surface area contributed by atoms with E-state index in [0.29, 0.717) is 24.6 Å². The van der Waals surface area contributed by atoms with Gasteiger partial charge in [-0.05, 0) is 18.8 Å². The number of nitrogens with zero attached hydrogens (tertiary/aromatic N) is 2. The lowest BCUT2D eigenvalue weighted by atomic mass is 9.65. The molecule has 4 atom stereocenters. The first-order chi connectivity index (χ1) is 10.1. The van der Waals surface area contributed by atoms with Crippen LogP contribution in [0.25, 0.3) is 0 Å². The number of aromatic nitrogens is 2. The van der Waals surface area contributed by atoms with E-state index in [1.807, 2.05) is 11.8 Å². The summed E-state index contributed by atoms with van der Waals surface area (Å²) in [5.41, 5.74) is 5.75. The summed E-state index contributed by atoms with van der Waals surface area (Å²) in [6, 6.07) is 0.0551. The first kappa shape index (κ1) is 14.2. The van der Waals surface area contributed by atoms with Crippen LogP contribution in [-0.2, 0) is 0 Å². The average Bonchev–Trinajstić information content (AvgIpc) is 2.82. The van der Waals surface area contributed by atoms with Gasteiger partial charge in [-0.2, -0.15) is 4.98 Å². The van der Waals surface area contributed by atoms with E-state index in [1.54, 1.807) is 0 Å². The van der Waals surface area contributed by atoms with E-state index >= 15 is 0 Å². The minimum absolute atomic E-state index is 0.0185. The smallest absolute Gasteiger partial charge is 0.277 e. The highest BCUT2D eigenvalue weighted by Crippen LogP contribution is 2.44. The van der Waals surface area contributed by atoms with Crippen LogP contribution in [0.5, 0.6) is 0 Å². The van der Waals surface area contributed by atoms with Gasteiger partial charge in [-0.3, -0.25) is 9.78 Å². The van der Waals surface area contributed by atoms with Crippen molar-refractivity contribution in [2.45, 2.75) is 31.9 Å². The Morgan fingerprint density at radius 1 is 1.57 bits per heavy atom. The van der Waals surface area contributed by atoms with Crippen molar-refractivity contribution in [1.82, 2.24) is 9.97 Å². The number of nitrogens with one attached hydrogen (secondary N) is 2. The number of hydrogen-bond donors (Lipinski definition) is 5. The van der Waals surface area contributed by atoms with E-state index in [4.69, 9.17) is 5.73 Å². The lowest BCUT2D eigenvalue weighted by Gasteiger charge is -2.50. The number of rotatable bonds is 4. The molecule has 8 heteroatoms. The molecular weight excluding hydrogens is 274 g/mol. The fraction of sp³-hybridized carbons (Fsp3) is 0.692. The molecule has 0 radical (unpaired) electrons. The third-order valence-corrected chi connectivity index (χ3v) is 4.65. The number of aliphatic hydroxyl groups excluding tert-OH is 2. The van der Waals surface area contributed by atoms with E-state index in [2.05, 4.69) is 15.3 Å². The second-order valence-corrected chi connectivity index (χ2v) is 5.75. The fourth-order valence-electron chi connectivity index (χ4n) is 3.48. The van der Waals surface area contributed by atoms with Crippen LogP contribution in [0.15, 0.2) is 4.79 Å². The molecule has 0 bridgehead atoms. The van der Waals surface area contributed by atoms with Crippen LogP contribution in [0.4, 0.5) is 17.5 Å². The maximum Gasteiger partial charge on any atom is 0.277 e. The van der Waals surface area contributed by atoms with Crippen LogP contribution in [0.3, 0.4) is 0 Å². The van der Waals surface area contributed by atoms with Crippen molar-refractivity contribution in [3.05, 3.63) is 10.4 Å². The largest absolute Gasteiger partial charge is 0.396 e. The highest BCUT2D eigenvalue weighted by atomic mass is 16.3. The van der Waals surface area contributed by atoms with Gasteiger partial charge >= 0.3 is 0 Å². The molecule has 0 saturated heterocycles. The number of H-pyrrole nitrogens is 1. The van der Waals surface area contributed by atoms with E-state index < -0.39 is 6.10 Å². The second kappa shape index (κ2) is 5.19. The highest BCUT2D eigenvalue weighted by molar-refractivity contribution is 5.71. The fourth-order valence-corrected chi connectivity index (χ4v) is 3.48. The molecule has 1 aliphatic carbocycles. The Kier molecular flexibility index (Phi) is 3.50. The number of nitrogens with two attached hydrogens (primary N) is 1. The molecule has 0 amide bonds. The summed E-state index contributed by atoms with van der Waals surface area (Å²) >= 11 is 0. The normalized spacial score (nSPS) is 28.7. The van der Waals surface area contributed by atoms with Gasteiger partial charge in [-0.1, -0.05) is 6.92 Å². The minimum Gasteiger partial charge on any atom is -0.396 e. The van der Waals surface area contributed by atoms with Crippen molar-refractivity contribution in [1.29, 1.82) is 0 Å². The highest BCUT2D eigenvalue weighted by Gasteiger charge is 2.49. The Bertz CT molecular complexity index is 584. The van der Waals surface area contributed by atoms with Gasteiger partial charge in [0, 0.05) is 18.6 Å². The third-order valence-electron chi connectivity index (χ3n) is 4.65. The molecule has 3 rings (SSSR count). The number of fused-ring (bicyclic) bond motifs is 1. The summed E-state index contributed by atoms with van der Waals surface area (Å²) in [6.45, 7) is 2.45. The van der Waals surface area contributed by atoms with E-state index in [-0.39, 0.29) is 36.0 Å². The number of nitrogen functional groups attached to an aromatic ring is 1. The van der Waals surface area contributed by atoms with E-state index in [9.17, 15) is 15.0 Å². The van der Waals surface area contributed by atoms with Gasteiger partial charge in [0.2, 0.25) is 5.95 Å². The van der Waals surface area contributed by atoms with Gasteiger partial charge in [0.05, 0.1) is 12.8 Å². The Morgan fingerprint density at radius 2 is 2.33 bits per heavy atom. The van der Waals surface area contributed by atoms with E-state index in [1.165, 1.54) is 0 Å². The zero-order valence-electron chi connectivity index (χ0n) is 11.9. The summed E-state index contributed by atoms with van der Waals surface area (Å²) in [7, 11) is 0. The molecule has 1 aliphatic heterocycles. The molecule has 2 aliphatic rings. The van der Waals surface area contributed by atoms with Crippen LogP contribution in [0.2, 0.25) is 0 Å². The van der Waals surface area contributed by atoms with Crippen LogP contribution in [0.1, 0.15) is 19.8 Å². The van der Waals surface area contributed by atoms with Crippen LogP contribution >= 0.6 is 0 Å². The lowest BCUT2D eigenvalue weighted by molar-refractivity contribution is -0.0323. The van der Waals surface area contributed by atoms with Crippen molar-refractivity contribution in [2.75, 3.05) is 29.2 Å². The van der Waals surface area contributed by atoms with Crippen molar-refractivity contribution < 1.29 is 10.2 Å². The Balaban J connectivity index is 1.89. The van der Waals surface area contributed by atoms with Crippen LogP contribution in [0, 0.1) is 11.8 Å². The zero-order chi connectivity index (χ0) is 15.1. The summed E-state index contributed by atoms with van der Waals surface area (Å²) in [4.78, 5) is 20.5. The lowest BCUT2D eigenvalue weighted by Crippen LogP contribution is -2.58. The van der Waals surface area contributed by atoms with Crippen LogP contribution in [-0.4, -0.2) is 45.6 Å². The Labute approximate surface area is 122 Å². The monoisotopic (exact) mass is 295 g/mol. The standard InChI is InChI=1S/C13H21N5O3/c1-2-8(20)9-6(4-19)3-7(9)18-5-15-10-11(18)16-13(14)17-12(10)21/h6-9,15,19-20H,2-5H2,1H3,(H3,14,16,17,21). The Hall–Kier alpha value is -1.80. The molecule has 8 nitrogen and oxygen atoms in total. The predicted octanol–water partition coefficient (Wildman–Crippen LogP) is -0.691. The summed E-state index contributed by atoms with van der Waals surface area (Å²) in [5, 5.41) is 22.6. The van der Waals surface area contributed by atoms with Crippen LogP contribution < -0.4 is 21.5 Å². The molecule has 6 N–H and O–H groups in total. The average molecular weight is 295 g/mol. The van der Waals surface area contributed by atoms with Gasteiger partial charge in [-0.25, -0.2) is 0 Å². The third kappa shape index (κ3) is 2.14. The first-order valence-corrected chi connectivity index (χ1v) is 7.26. The maximum absolute atomic E-state index is 11.8. The molecule has 116 valence electrons. The molecule has 21 heavy (non-hydrogen) atoms. The Morgan fingerprint density at radius 3 is 3.00 bits per heavy atom. The SMILES string of the molecule is CCC(O)C1C(CO)CC1N1CNc2c1nc(N)[nH]c2=O. The maximum atomic E-state index is 11.8. The number of anilines is 3. The van der Waals surface area contributed by atoms with Gasteiger partial charge in [0.25, 0.3) is 5.56 Å². The molecule has 1 fully saturated rings. The molecule has 0 spiro atoms. The molecular formula is C13H21N5O3. The first-order valence-electron chi connectivity index (χ1n) is 7.26. The quantitative estimate of drug-likeness (QED) is 0.497. The van der Waals surface area contributed by atoms with Crippen molar-refractivity contribution in [3.8, 4) is 0 Å². The van der Waals surface area contributed by atoms with Crippen molar-refractivity contribution in [3.63, 3.8) is 0 Å². The molecule has 0 aromatic carbocycles. The molecule has 1 aromatic rings. The zero-order valence-corrected chi connectivity index (χ0v) is 11.9. The van der Waals surface area contributed by atoms with Crippen molar-refractivity contribution >= 4 is 17.5 Å². The second-order valence-electron chi connectivity index (χ2n) is 5.75. The van der Waals surface area contributed by atoms with Gasteiger partial charge in [0.15, 0.2) is 5.82 Å². The number of hydrogen-bond acceptors (Lipinski definition) is 7. The molecule has 4 unspecified atom stereocenters. The molecule has 2 heterocycles. The van der Waals surface area contributed by atoms with Crippen molar-refractivity contribution in [2.24, 2.45) is 11.8 Å². The summed E-state index contributed by atoms with van der Waals surface area (Å²) in [5.74, 6) is 0.687. The summed E-state index contributed by atoms with van der Waals surface area (Å²) in [6.07, 6.45) is 0.939. The number of aliphatic hydroxyl groups is 2. The molecule has 1 aromatic heterocycles. The predicted molar refractivity (Wildman–Crippen MR) is 79.0 cm³/mol. The summed E-state index contributed by atoms with van der Waals surface area (Å²) < 4.78 is 0. The topological polar surface area (TPSA) is 128 Å².